The van der Waals surface area contributed by atoms with Gasteiger partial charge in [-0.15, -0.1) is 0 Å². The van der Waals surface area contributed by atoms with Gasteiger partial charge in [-0.1, -0.05) is 24.3 Å². The molecule has 0 atom stereocenters. The van der Waals surface area contributed by atoms with Gasteiger partial charge in [0.1, 0.15) is 6.61 Å². The largest absolute Gasteiger partial charge is 0.360 e. The lowest BCUT2D eigenvalue weighted by molar-refractivity contribution is 0.0522. The Labute approximate surface area is 67.0 Å². The molecule has 0 bridgehead atoms. The van der Waals surface area contributed by atoms with Gasteiger partial charge in [-0.05, 0) is 25.0 Å². The first-order chi connectivity index (χ1) is 5.20. The number of rotatable bonds is 0. The molecule has 0 aliphatic carbocycles. The van der Waals surface area contributed by atoms with E-state index in [1.165, 1.54) is 11.1 Å². The Kier molecular flexibility index (Phi) is 1.30. The highest BCUT2D eigenvalue weighted by Crippen LogP contribution is 2.36. The van der Waals surface area contributed by atoms with Crippen molar-refractivity contribution >= 4 is 0 Å². The number of ether oxygens (including phenoxy) is 1. The van der Waals surface area contributed by atoms with E-state index in [2.05, 4.69) is 26.0 Å². The molecule has 1 aromatic carbocycles. The normalized spacial score (nSPS) is 19.8. The van der Waals surface area contributed by atoms with Crippen LogP contribution in [0.25, 0.3) is 0 Å². The molecular weight excluding hydrogens is 136 g/mol. The molecule has 2 rings (SSSR count). The molecule has 1 aliphatic rings. The molecule has 1 heterocycles. The van der Waals surface area contributed by atoms with Gasteiger partial charge in [0.2, 0.25) is 0 Å². The van der Waals surface area contributed by atoms with E-state index in [0.29, 0.717) is 0 Å². The summed E-state index contributed by atoms with van der Waals surface area (Å²) in [6, 6.07) is 8.26. The van der Waals surface area contributed by atoms with E-state index in [9.17, 15) is 0 Å². The first-order valence-electron chi connectivity index (χ1n) is 3.81. The van der Waals surface area contributed by atoms with Crippen LogP contribution in [0.1, 0.15) is 25.0 Å². The fourth-order valence-electron chi connectivity index (χ4n) is 1.42. The van der Waals surface area contributed by atoms with Gasteiger partial charge in [0.05, 0.1) is 5.60 Å². The highest BCUT2D eigenvalue weighted by molar-refractivity contribution is 5.38. The van der Waals surface area contributed by atoms with Crippen molar-refractivity contribution in [1.29, 1.82) is 0 Å². The van der Waals surface area contributed by atoms with Crippen molar-refractivity contribution < 1.29 is 4.74 Å². The van der Waals surface area contributed by atoms with Crippen LogP contribution in [0.5, 0.6) is 0 Å². The second-order valence-corrected chi connectivity index (χ2v) is 3.33. The van der Waals surface area contributed by atoms with Gasteiger partial charge in [0, 0.05) is 0 Å². The zero-order chi connectivity index (χ0) is 7.90. The monoisotopic (exact) mass is 147 g/mol. The Hall–Kier alpha value is -0.820. The van der Waals surface area contributed by atoms with Crippen molar-refractivity contribution in [2.45, 2.75) is 19.4 Å². The molecule has 1 heteroatoms. The van der Waals surface area contributed by atoms with Crippen molar-refractivity contribution in [3.63, 3.8) is 0 Å². The minimum absolute atomic E-state index is 0.128. The Morgan fingerprint density at radius 1 is 1.18 bits per heavy atom. The second-order valence-electron chi connectivity index (χ2n) is 3.33. The molecule has 0 saturated heterocycles. The topological polar surface area (TPSA) is 9.23 Å². The third-order valence-electron chi connectivity index (χ3n) is 2.09. The summed E-state index contributed by atoms with van der Waals surface area (Å²) in [6.45, 7) is 5.99. The Bertz CT molecular complexity index is 276. The predicted molar refractivity (Wildman–Crippen MR) is 44.0 cm³/mol. The predicted octanol–water partition coefficient (Wildman–Crippen LogP) is 2.46. The standard InChI is InChI=1S/C10H11O/c1-10(2)9-6-4-3-5-8(9)7-11-10/h3-7H,1-2H3. The van der Waals surface area contributed by atoms with Crippen molar-refractivity contribution in [3.8, 4) is 0 Å². The van der Waals surface area contributed by atoms with Gasteiger partial charge >= 0.3 is 0 Å². The average Bonchev–Trinajstić information content (AvgIpc) is 2.29. The fraction of sp³-hybridized carbons (Fsp3) is 0.300. The summed E-state index contributed by atoms with van der Waals surface area (Å²) in [5, 5.41) is 0. The van der Waals surface area contributed by atoms with Crippen LogP contribution < -0.4 is 0 Å². The minimum Gasteiger partial charge on any atom is -0.360 e. The molecule has 1 radical (unpaired) electrons. The van der Waals surface area contributed by atoms with E-state index in [-0.39, 0.29) is 5.60 Å². The number of hydrogen-bond acceptors (Lipinski definition) is 1. The number of hydrogen-bond donors (Lipinski definition) is 0. The zero-order valence-corrected chi connectivity index (χ0v) is 6.79. The first kappa shape index (κ1) is 6.86. The summed E-state index contributed by atoms with van der Waals surface area (Å²) >= 11 is 0. The van der Waals surface area contributed by atoms with Gasteiger partial charge in [-0.2, -0.15) is 0 Å². The Morgan fingerprint density at radius 2 is 1.91 bits per heavy atom. The minimum atomic E-state index is -0.128. The molecule has 0 saturated carbocycles. The van der Waals surface area contributed by atoms with Gasteiger partial charge < -0.3 is 4.74 Å². The summed E-state index contributed by atoms with van der Waals surface area (Å²) in [4.78, 5) is 0. The molecule has 0 N–H and O–H groups in total. The van der Waals surface area contributed by atoms with Crippen LogP contribution in [0.15, 0.2) is 24.3 Å². The third-order valence-corrected chi connectivity index (χ3v) is 2.09. The lowest BCUT2D eigenvalue weighted by Crippen LogP contribution is -2.13. The maximum Gasteiger partial charge on any atom is 0.114 e. The van der Waals surface area contributed by atoms with Gasteiger partial charge in [0.15, 0.2) is 0 Å². The first-order valence-corrected chi connectivity index (χ1v) is 3.81. The summed E-state index contributed by atoms with van der Waals surface area (Å²) in [5.74, 6) is 0. The fourth-order valence-corrected chi connectivity index (χ4v) is 1.42. The lowest BCUT2D eigenvalue weighted by Gasteiger charge is -2.17. The smallest absolute Gasteiger partial charge is 0.114 e. The highest BCUT2D eigenvalue weighted by atomic mass is 16.5. The van der Waals surface area contributed by atoms with Crippen LogP contribution in [0.3, 0.4) is 0 Å². The molecular formula is C10H11O. The van der Waals surface area contributed by atoms with Crippen LogP contribution >= 0.6 is 0 Å². The average molecular weight is 147 g/mol. The van der Waals surface area contributed by atoms with Crippen molar-refractivity contribution in [2.75, 3.05) is 0 Å². The molecule has 1 aliphatic heterocycles. The third kappa shape index (κ3) is 0.962. The van der Waals surface area contributed by atoms with Crippen molar-refractivity contribution in [3.05, 3.63) is 42.0 Å². The molecule has 57 valence electrons. The van der Waals surface area contributed by atoms with Crippen molar-refractivity contribution in [2.24, 2.45) is 0 Å². The number of fused-ring (bicyclic) bond motifs is 1. The molecule has 1 aromatic rings. The van der Waals surface area contributed by atoms with Gasteiger partial charge in [0.25, 0.3) is 0 Å². The van der Waals surface area contributed by atoms with Crippen LogP contribution in [0, 0.1) is 6.61 Å². The van der Waals surface area contributed by atoms with Crippen LogP contribution in [0.4, 0.5) is 0 Å². The van der Waals surface area contributed by atoms with Crippen molar-refractivity contribution in [1.82, 2.24) is 0 Å². The number of benzene rings is 1. The molecule has 1 nitrogen and oxygen atoms in total. The highest BCUT2D eigenvalue weighted by Gasteiger charge is 2.30. The maximum absolute atomic E-state index is 5.49. The van der Waals surface area contributed by atoms with E-state index >= 15 is 0 Å². The molecule has 0 aromatic heterocycles. The van der Waals surface area contributed by atoms with E-state index in [4.69, 9.17) is 4.74 Å². The molecule has 0 spiro atoms. The van der Waals surface area contributed by atoms with E-state index in [0.717, 1.165) is 0 Å². The second kappa shape index (κ2) is 2.08. The molecule has 0 amide bonds. The van der Waals surface area contributed by atoms with Gasteiger partial charge in [-0.25, -0.2) is 0 Å². The lowest BCUT2D eigenvalue weighted by atomic mass is 9.97. The molecule has 11 heavy (non-hydrogen) atoms. The van der Waals surface area contributed by atoms with E-state index in [1.807, 2.05) is 18.7 Å². The van der Waals surface area contributed by atoms with Crippen LogP contribution in [-0.2, 0) is 10.3 Å². The summed E-state index contributed by atoms with van der Waals surface area (Å²) in [6.07, 6.45) is 0. The van der Waals surface area contributed by atoms with E-state index < -0.39 is 0 Å². The SMILES string of the molecule is CC1(C)O[CH]c2ccccc21. The van der Waals surface area contributed by atoms with Crippen LogP contribution in [0.2, 0.25) is 0 Å². The van der Waals surface area contributed by atoms with E-state index in [1.54, 1.807) is 0 Å². The maximum atomic E-state index is 5.49. The molecule has 0 fully saturated rings. The molecule has 0 unspecified atom stereocenters. The quantitative estimate of drug-likeness (QED) is 0.547. The van der Waals surface area contributed by atoms with Crippen LogP contribution in [-0.4, -0.2) is 0 Å². The summed E-state index contributed by atoms with van der Waals surface area (Å²) < 4.78 is 5.49. The Morgan fingerprint density at radius 3 is 2.64 bits per heavy atom. The Balaban J connectivity index is 2.56. The summed E-state index contributed by atoms with van der Waals surface area (Å²) in [7, 11) is 0. The summed E-state index contributed by atoms with van der Waals surface area (Å²) in [5.41, 5.74) is 2.36. The zero-order valence-electron chi connectivity index (χ0n) is 6.79. The van der Waals surface area contributed by atoms with Gasteiger partial charge in [-0.3, -0.25) is 0 Å².